The number of nitro groups is 2. The number of non-ortho nitro benzene ring substituents is 1. The molecule has 0 atom stereocenters. The van der Waals surface area contributed by atoms with E-state index < -0.39 is 9.85 Å². The number of ether oxygens (including phenoxy) is 2. The van der Waals surface area contributed by atoms with Gasteiger partial charge < -0.3 is 9.47 Å². The lowest BCUT2D eigenvalue weighted by atomic mass is 10.0. The molecule has 29 heavy (non-hydrogen) atoms. The van der Waals surface area contributed by atoms with E-state index in [1.165, 1.54) is 24.3 Å². The number of Topliss-reactive ketones (excluding diaryl/α,β-unsaturated/α-hetero) is 2. The van der Waals surface area contributed by atoms with E-state index in [9.17, 15) is 29.8 Å². The van der Waals surface area contributed by atoms with Crippen LogP contribution in [0.2, 0.25) is 0 Å². The largest absolute Gasteiger partial charge is 0.486 e. The van der Waals surface area contributed by atoms with Gasteiger partial charge in [0.1, 0.15) is 24.7 Å². The maximum Gasteiger partial charge on any atom is 0.272 e. The summed E-state index contributed by atoms with van der Waals surface area (Å²) in [5, 5.41) is 21.1. The fourth-order valence-electron chi connectivity index (χ4n) is 2.98. The standard InChI is InChI=1S/C10H9NO4.C9H7NO4/c1-6-2-10-7(3-8(12)5-15-10)4-9(6)11(13)14;11-8-4-6-3-7(10(12)13)1-2-9(6)14-5-8/h2,4H,3,5H2,1H3;1-3H,4-5H2. The minimum absolute atomic E-state index is 0.0120. The van der Waals surface area contributed by atoms with Crippen molar-refractivity contribution in [2.45, 2.75) is 19.8 Å². The molecule has 0 aliphatic carbocycles. The molecule has 0 radical (unpaired) electrons. The number of ketones is 2. The van der Waals surface area contributed by atoms with Crippen molar-refractivity contribution in [2.24, 2.45) is 0 Å². The van der Waals surface area contributed by atoms with Crippen LogP contribution in [0, 0.1) is 27.2 Å². The Morgan fingerprint density at radius 3 is 2.00 bits per heavy atom. The first-order chi connectivity index (χ1) is 13.7. The fraction of sp³-hybridized carbons (Fsp3) is 0.263. The predicted octanol–water partition coefficient (Wildman–Crippen LogP) is 2.51. The van der Waals surface area contributed by atoms with E-state index in [1.54, 1.807) is 13.0 Å². The number of carbonyl (C=O) groups excluding carboxylic acids is 2. The summed E-state index contributed by atoms with van der Waals surface area (Å²) in [5.41, 5.74) is 1.76. The van der Waals surface area contributed by atoms with Gasteiger partial charge in [0.05, 0.1) is 9.85 Å². The maximum atomic E-state index is 11.1. The first-order valence-electron chi connectivity index (χ1n) is 8.59. The van der Waals surface area contributed by atoms with Crippen molar-refractivity contribution in [1.82, 2.24) is 0 Å². The van der Waals surface area contributed by atoms with Crippen molar-refractivity contribution < 1.29 is 28.9 Å². The van der Waals surface area contributed by atoms with Gasteiger partial charge in [0.15, 0.2) is 11.6 Å². The van der Waals surface area contributed by atoms with Gasteiger partial charge >= 0.3 is 0 Å². The van der Waals surface area contributed by atoms with Crippen LogP contribution >= 0.6 is 0 Å². The molecule has 0 saturated heterocycles. The topological polar surface area (TPSA) is 139 Å². The van der Waals surface area contributed by atoms with Gasteiger partial charge in [-0.2, -0.15) is 0 Å². The molecule has 0 unspecified atom stereocenters. The van der Waals surface area contributed by atoms with Gasteiger partial charge in [-0.25, -0.2) is 0 Å². The number of fused-ring (bicyclic) bond motifs is 2. The number of nitro benzene ring substituents is 2. The van der Waals surface area contributed by atoms with Gasteiger partial charge in [-0.1, -0.05) is 0 Å². The van der Waals surface area contributed by atoms with Crippen LogP contribution < -0.4 is 9.47 Å². The second-order valence-corrected chi connectivity index (χ2v) is 6.56. The van der Waals surface area contributed by atoms with Crippen LogP contribution in [0.4, 0.5) is 11.4 Å². The highest BCUT2D eigenvalue weighted by atomic mass is 16.6. The van der Waals surface area contributed by atoms with Crippen molar-refractivity contribution in [1.29, 1.82) is 0 Å². The molecule has 0 N–H and O–H groups in total. The number of benzene rings is 2. The number of nitrogens with zero attached hydrogens (tertiary/aromatic N) is 2. The molecule has 2 aromatic carbocycles. The van der Waals surface area contributed by atoms with Gasteiger partial charge in [-0.3, -0.25) is 29.8 Å². The minimum atomic E-state index is -0.487. The van der Waals surface area contributed by atoms with Crippen LogP contribution in [0.3, 0.4) is 0 Å². The summed E-state index contributed by atoms with van der Waals surface area (Å²) in [7, 11) is 0. The highest BCUT2D eigenvalue weighted by Crippen LogP contribution is 2.31. The third-order valence-corrected chi connectivity index (χ3v) is 4.38. The van der Waals surface area contributed by atoms with Crippen LogP contribution in [-0.4, -0.2) is 34.6 Å². The van der Waals surface area contributed by atoms with Crippen molar-refractivity contribution in [2.75, 3.05) is 13.2 Å². The molecule has 2 heterocycles. The van der Waals surface area contributed by atoms with Crippen LogP contribution in [0.15, 0.2) is 30.3 Å². The van der Waals surface area contributed by atoms with E-state index in [1.807, 2.05) is 0 Å². The van der Waals surface area contributed by atoms with Crippen molar-refractivity contribution in [3.8, 4) is 11.5 Å². The first-order valence-corrected chi connectivity index (χ1v) is 8.59. The summed E-state index contributed by atoms with van der Waals surface area (Å²) >= 11 is 0. The number of hydrogen-bond donors (Lipinski definition) is 0. The molecule has 0 fully saturated rings. The molecule has 0 spiro atoms. The Balaban J connectivity index is 0.000000166. The summed E-state index contributed by atoms with van der Waals surface area (Å²) in [5.74, 6) is 1.03. The molecule has 0 saturated carbocycles. The SMILES string of the molecule is Cc1cc2c(cc1[N+](=O)[O-])CC(=O)CO2.O=C1COc2ccc([N+](=O)[O-])cc2C1. The lowest BCUT2D eigenvalue weighted by Crippen LogP contribution is -2.20. The van der Waals surface area contributed by atoms with Crippen LogP contribution in [0.1, 0.15) is 16.7 Å². The zero-order chi connectivity index (χ0) is 21.1. The third-order valence-electron chi connectivity index (χ3n) is 4.38. The smallest absolute Gasteiger partial charge is 0.272 e. The first kappa shape index (κ1) is 19.9. The second kappa shape index (κ2) is 8.05. The molecule has 0 aromatic heterocycles. The van der Waals surface area contributed by atoms with Gasteiger partial charge in [0.2, 0.25) is 0 Å². The predicted molar refractivity (Wildman–Crippen MR) is 99.3 cm³/mol. The Morgan fingerprint density at radius 2 is 1.41 bits per heavy atom. The molecule has 150 valence electrons. The summed E-state index contributed by atoms with van der Waals surface area (Å²) in [6, 6.07) is 7.31. The van der Waals surface area contributed by atoms with Crippen LogP contribution in [0.5, 0.6) is 11.5 Å². The molecule has 0 amide bonds. The van der Waals surface area contributed by atoms with E-state index in [0.717, 1.165) is 0 Å². The zero-order valence-electron chi connectivity index (χ0n) is 15.4. The molecule has 2 aliphatic heterocycles. The maximum absolute atomic E-state index is 11.1. The van der Waals surface area contributed by atoms with Crippen LogP contribution in [-0.2, 0) is 22.4 Å². The van der Waals surface area contributed by atoms with E-state index in [4.69, 9.17) is 9.47 Å². The quantitative estimate of drug-likeness (QED) is 0.553. The number of aryl methyl sites for hydroxylation is 1. The lowest BCUT2D eigenvalue weighted by Gasteiger charge is -2.16. The zero-order valence-corrected chi connectivity index (χ0v) is 15.4. The van der Waals surface area contributed by atoms with E-state index >= 15 is 0 Å². The van der Waals surface area contributed by atoms with E-state index in [0.29, 0.717) is 28.2 Å². The van der Waals surface area contributed by atoms with Crippen molar-refractivity contribution in [3.63, 3.8) is 0 Å². The molecule has 2 aliphatic rings. The monoisotopic (exact) mass is 400 g/mol. The Morgan fingerprint density at radius 1 is 0.828 bits per heavy atom. The molecule has 10 nitrogen and oxygen atoms in total. The van der Waals surface area contributed by atoms with Gasteiger partial charge in [-0.15, -0.1) is 0 Å². The van der Waals surface area contributed by atoms with E-state index in [2.05, 4.69) is 0 Å². The molecule has 4 rings (SSSR count). The minimum Gasteiger partial charge on any atom is -0.486 e. The van der Waals surface area contributed by atoms with Gasteiger partial charge in [-0.05, 0) is 19.1 Å². The number of hydrogen-bond acceptors (Lipinski definition) is 8. The average molecular weight is 400 g/mol. The van der Waals surface area contributed by atoms with Crippen LogP contribution in [0.25, 0.3) is 0 Å². The highest BCUT2D eigenvalue weighted by molar-refractivity contribution is 5.85. The molecule has 0 bridgehead atoms. The summed E-state index contributed by atoms with van der Waals surface area (Å²) < 4.78 is 10.3. The number of carbonyl (C=O) groups is 2. The highest BCUT2D eigenvalue weighted by Gasteiger charge is 2.22. The Kier molecular flexibility index (Phi) is 5.53. The van der Waals surface area contributed by atoms with Gasteiger partial charge in [0.25, 0.3) is 11.4 Å². The van der Waals surface area contributed by atoms with E-state index in [-0.39, 0.29) is 49.0 Å². The van der Waals surface area contributed by atoms with Crippen molar-refractivity contribution >= 4 is 22.9 Å². The Labute approximate surface area is 164 Å². The third kappa shape index (κ3) is 4.54. The fourth-order valence-corrected chi connectivity index (χ4v) is 2.98. The second-order valence-electron chi connectivity index (χ2n) is 6.56. The molecule has 2 aromatic rings. The molecular weight excluding hydrogens is 384 g/mol. The molecule has 10 heteroatoms. The van der Waals surface area contributed by atoms with Gasteiger partial charge in [0, 0.05) is 47.7 Å². The lowest BCUT2D eigenvalue weighted by molar-refractivity contribution is -0.385. The Hall–Kier alpha value is -3.82. The van der Waals surface area contributed by atoms with Crippen molar-refractivity contribution in [3.05, 3.63) is 67.3 Å². The summed E-state index contributed by atoms with van der Waals surface area (Å²) in [6.07, 6.45) is 0.438. The normalized spacial score (nSPS) is 14.4. The number of rotatable bonds is 2. The summed E-state index contributed by atoms with van der Waals surface area (Å²) in [4.78, 5) is 42.3. The average Bonchev–Trinajstić information content (AvgIpc) is 2.67. The summed E-state index contributed by atoms with van der Waals surface area (Å²) in [6.45, 7) is 1.77. The molecular formula is C19H16N2O8. The Bertz CT molecular complexity index is 1030.